The molecule has 3 aliphatic rings. The van der Waals surface area contributed by atoms with Gasteiger partial charge in [0.05, 0.1) is 22.5 Å². The van der Waals surface area contributed by atoms with Gasteiger partial charge in [-0.15, -0.1) is 0 Å². The summed E-state index contributed by atoms with van der Waals surface area (Å²) < 4.78 is 0. The van der Waals surface area contributed by atoms with Gasteiger partial charge in [-0.1, -0.05) is 48.0 Å². The molecule has 2 aromatic rings. The summed E-state index contributed by atoms with van der Waals surface area (Å²) >= 11 is 6.41. The Balaban J connectivity index is 1.55. The van der Waals surface area contributed by atoms with Gasteiger partial charge in [-0.25, -0.2) is 0 Å². The molecule has 4 atom stereocenters. The molecule has 8 nitrogen and oxygen atoms in total. The number of halogens is 1. The van der Waals surface area contributed by atoms with Gasteiger partial charge in [0.2, 0.25) is 17.7 Å². The summed E-state index contributed by atoms with van der Waals surface area (Å²) in [6, 6.07) is 12.4. The summed E-state index contributed by atoms with van der Waals surface area (Å²) in [6.07, 6.45) is 0.420. The van der Waals surface area contributed by atoms with Gasteiger partial charge in [0.15, 0.2) is 0 Å². The topological polar surface area (TPSA) is 116 Å². The zero-order valence-corrected chi connectivity index (χ0v) is 19.3. The Bertz CT molecular complexity index is 1220. The molecule has 5 rings (SSSR count). The quantitative estimate of drug-likeness (QED) is 0.546. The summed E-state index contributed by atoms with van der Waals surface area (Å²) in [5.74, 6) is -4.06. The fraction of sp³-hybridized carbons (Fsp3) is 0.360. The predicted octanol–water partition coefficient (Wildman–Crippen LogP) is 2.48. The van der Waals surface area contributed by atoms with Crippen LogP contribution in [0.1, 0.15) is 29.5 Å². The number of carbonyl (C=O) groups is 4. The van der Waals surface area contributed by atoms with E-state index in [4.69, 9.17) is 11.6 Å². The van der Waals surface area contributed by atoms with Crippen molar-refractivity contribution in [3.8, 4) is 0 Å². The van der Waals surface area contributed by atoms with Gasteiger partial charge in [-0.05, 0) is 37.0 Å². The number of carboxylic acid groups (broad SMARTS) is 1. The zero-order valence-electron chi connectivity index (χ0n) is 18.5. The summed E-state index contributed by atoms with van der Waals surface area (Å²) in [6.45, 7) is 2.03. The number of nitrogens with zero attached hydrogens (tertiary/aromatic N) is 1. The lowest BCUT2D eigenvalue weighted by Crippen LogP contribution is -2.53. The van der Waals surface area contributed by atoms with Gasteiger partial charge in [0, 0.05) is 24.6 Å². The highest BCUT2D eigenvalue weighted by Crippen LogP contribution is 2.54. The van der Waals surface area contributed by atoms with Crippen molar-refractivity contribution < 1.29 is 24.3 Å². The monoisotopic (exact) mass is 481 g/mol. The lowest BCUT2D eigenvalue weighted by Gasteiger charge is -2.29. The summed E-state index contributed by atoms with van der Waals surface area (Å²) in [7, 11) is 0. The average Bonchev–Trinajstić information content (AvgIpc) is 3.37. The summed E-state index contributed by atoms with van der Waals surface area (Å²) in [5.41, 5.74) is 1.27. The molecule has 3 amide bonds. The van der Waals surface area contributed by atoms with Gasteiger partial charge in [-0.3, -0.25) is 29.4 Å². The van der Waals surface area contributed by atoms with E-state index in [1.807, 2.05) is 37.3 Å². The molecule has 0 bridgehead atoms. The molecule has 0 aromatic heterocycles. The number of aryl methyl sites for hydroxylation is 1. The second-order valence-corrected chi connectivity index (χ2v) is 9.59. The number of hydrogen-bond acceptors (Lipinski definition) is 5. The van der Waals surface area contributed by atoms with Crippen LogP contribution in [0, 0.1) is 18.8 Å². The maximum absolute atomic E-state index is 13.7. The first-order valence-electron chi connectivity index (χ1n) is 11.2. The Morgan fingerprint density at radius 3 is 2.59 bits per heavy atom. The highest BCUT2D eigenvalue weighted by molar-refractivity contribution is 6.35. The second kappa shape index (κ2) is 8.21. The summed E-state index contributed by atoms with van der Waals surface area (Å²) in [5, 5.41) is 15.6. The molecule has 3 heterocycles. The summed E-state index contributed by atoms with van der Waals surface area (Å²) in [4.78, 5) is 53.2. The molecule has 3 aliphatic heterocycles. The van der Waals surface area contributed by atoms with Gasteiger partial charge in [0.1, 0.15) is 5.54 Å². The third-order valence-corrected chi connectivity index (χ3v) is 7.45. The third kappa shape index (κ3) is 3.32. The van der Waals surface area contributed by atoms with Crippen molar-refractivity contribution >= 4 is 41.0 Å². The Hall–Kier alpha value is -3.23. The molecule has 2 fully saturated rings. The van der Waals surface area contributed by atoms with E-state index in [2.05, 4.69) is 10.6 Å². The highest BCUT2D eigenvalue weighted by Gasteiger charge is 2.70. The number of carboxylic acids is 1. The number of imide groups is 1. The Morgan fingerprint density at radius 1 is 1.15 bits per heavy atom. The largest absolute Gasteiger partial charge is 0.481 e. The fourth-order valence-corrected chi connectivity index (χ4v) is 6.01. The lowest BCUT2D eigenvalue weighted by atomic mass is 9.76. The van der Waals surface area contributed by atoms with E-state index in [0.29, 0.717) is 22.7 Å². The highest BCUT2D eigenvalue weighted by atomic mass is 35.5. The van der Waals surface area contributed by atoms with Crippen LogP contribution in [0.15, 0.2) is 42.5 Å². The van der Waals surface area contributed by atoms with E-state index in [1.165, 1.54) is 4.90 Å². The Morgan fingerprint density at radius 2 is 1.88 bits per heavy atom. The number of nitrogens with one attached hydrogen (secondary N) is 2. The number of hydrogen-bond donors (Lipinski definition) is 3. The van der Waals surface area contributed by atoms with Crippen molar-refractivity contribution in [2.24, 2.45) is 11.8 Å². The molecule has 34 heavy (non-hydrogen) atoms. The number of likely N-dealkylation sites (tertiary alicyclic amines) is 1. The van der Waals surface area contributed by atoms with Crippen molar-refractivity contribution in [2.45, 2.75) is 37.8 Å². The van der Waals surface area contributed by atoms with Gasteiger partial charge in [0.25, 0.3) is 0 Å². The van der Waals surface area contributed by atoms with Crippen molar-refractivity contribution in [1.29, 1.82) is 0 Å². The van der Waals surface area contributed by atoms with Gasteiger partial charge in [-0.2, -0.15) is 0 Å². The van der Waals surface area contributed by atoms with Crippen molar-refractivity contribution in [2.75, 3.05) is 11.9 Å². The predicted molar refractivity (Wildman–Crippen MR) is 124 cm³/mol. The molecule has 0 saturated carbocycles. The van der Waals surface area contributed by atoms with E-state index in [0.717, 1.165) is 11.1 Å². The molecular formula is C25H24ClN3O5. The van der Waals surface area contributed by atoms with Crippen LogP contribution in [-0.2, 0) is 31.1 Å². The first-order chi connectivity index (χ1) is 16.2. The molecule has 0 radical (unpaired) electrons. The minimum atomic E-state index is -1.48. The van der Waals surface area contributed by atoms with Crippen LogP contribution >= 0.6 is 11.6 Å². The molecular weight excluding hydrogens is 458 g/mol. The van der Waals surface area contributed by atoms with E-state index < -0.39 is 41.2 Å². The van der Waals surface area contributed by atoms with Crippen LogP contribution in [-0.4, -0.2) is 46.3 Å². The minimum Gasteiger partial charge on any atom is -0.481 e. The molecule has 2 saturated heterocycles. The third-order valence-electron chi connectivity index (χ3n) is 7.15. The van der Waals surface area contributed by atoms with Gasteiger partial charge >= 0.3 is 5.97 Å². The number of anilines is 1. The van der Waals surface area contributed by atoms with E-state index in [1.54, 1.807) is 12.1 Å². The number of benzene rings is 2. The first-order valence-corrected chi connectivity index (χ1v) is 11.6. The number of carbonyl (C=O) groups excluding carboxylic acids is 3. The van der Waals surface area contributed by atoms with E-state index >= 15 is 0 Å². The van der Waals surface area contributed by atoms with Crippen LogP contribution < -0.4 is 10.6 Å². The van der Waals surface area contributed by atoms with Crippen LogP contribution in [0.5, 0.6) is 0 Å². The zero-order chi connectivity index (χ0) is 24.2. The Kier molecular flexibility index (Phi) is 5.45. The van der Waals surface area contributed by atoms with Crippen LogP contribution in [0.4, 0.5) is 5.69 Å². The van der Waals surface area contributed by atoms with E-state index in [9.17, 15) is 24.3 Å². The Labute approximate surface area is 201 Å². The second-order valence-electron chi connectivity index (χ2n) is 9.18. The van der Waals surface area contributed by atoms with Crippen molar-refractivity contribution in [3.63, 3.8) is 0 Å². The van der Waals surface area contributed by atoms with Crippen LogP contribution in [0.25, 0.3) is 0 Å². The van der Waals surface area contributed by atoms with Crippen molar-refractivity contribution in [3.05, 3.63) is 64.2 Å². The number of rotatable bonds is 6. The molecule has 9 heteroatoms. The lowest BCUT2D eigenvalue weighted by molar-refractivity contribution is -0.143. The maximum Gasteiger partial charge on any atom is 0.303 e. The smallest absolute Gasteiger partial charge is 0.303 e. The number of aliphatic carboxylic acids is 1. The first kappa shape index (κ1) is 22.6. The molecule has 3 N–H and O–H groups in total. The number of amides is 3. The van der Waals surface area contributed by atoms with E-state index in [-0.39, 0.29) is 25.3 Å². The maximum atomic E-state index is 13.7. The minimum absolute atomic E-state index is 0.117. The molecule has 0 aliphatic carbocycles. The molecule has 1 spiro atoms. The standard InChI is InChI=1S/C25H24ClN3O5/c1-13-11-15-21(16(26)12-13)27-24(34)25(15)20-19(17(28-25)7-8-18(30)31)22(32)29(23(20)33)10-9-14-5-3-2-4-6-14/h2-6,11-12,17,19-20,28H,7-10H2,1H3,(H,27,34)(H,30,31)/t17-,19+,20+,25+/m0/s1. The van der Waals surface area contributed by atoms with Crippen molar-refractivity contribution in [1.82, 2.24) is 10.2 Å². The normalized spacial score (nSPS) is 27.3. The average molecular weight is 482 g/mol. The SMILES string of the molecule is Cc1cc(Cl)c2c(c1)[C@]1(N[C@@H](CCC(=O)O)[C@H]3C(=O)N(CCc4ccccc4)C(=O)[C@@H]31)C(=O)N2. The van der Waals surface area contributed by atoms with Gasteiger partial charge < -0.3 is 10.4 Å². The number of fused-ring (bicyclic) bond motifs is 4. The fourth-order valence-electron chi connectivity index (χ4n) is 5.69. The molecule has 176 valence electrons. The van der Waals surface area contributed by atoms with Crippen LogP contribution in [0.2, 0.25) is 5.02 Å². The van der Waals surface area contributed by atoms with Crippen LogP contribution in [0.3, 0.4) is 0 Å². The molecule has 2 aromatic carbocycles. The molecule has 0 unspecified atom stereocenters.